The van der Waals surface area contributed by atoms with Crippen molar-refractivity contribution >= 4 is 33.7 Å². The summed E-state index contributed by atoms with van der Waals surface area (Å²) < 4.78 is 0.886. The van der Waals surface area contributed by atoms with E-state index in [1.807, 2.05) is 0 Å². The molecule has 5 nitrogen and oxygen atoms in total. The van der Waals surface area contributed by atoms with Crippen LogP contribution in [-0.2, 0) is 20.8 Å². The minimum absolute atomic E-state index is 0.100. The lowest BCUT2D eigenvalue weighted by Gasteiger charge is -2.22. The number of aliphatic carboxylic acids is 1. The minimum atomic E-state index is -1.16. The van der Waals surface area contributed by atoms with Gasteiger partial charge >= 0.3 is 5.97 Å². The molecule has 1 N–H and O–H groups in total. The van der Waals surface area contributed by atoms with Gasteiger partial charge in [-0.1, -0.05) is 28.1 Å². The van der Waals surface area contributed by atoms with Gasteiger partial charge in [-0.3, -0.25) is 14.5 Å². The van der Waals surface area contributed by atoms with E-state index in [0.29, 0.717) is 0 Å². The normalized spacial score (nSPS) is 16.8. The van der Waals surface area contributed by atoms with Crippen molar-refractivity contribution in [3.8, 4) is 0 Å². The van der Waals surface area contributed by atoms with Crippen LogP contribution >= 0.6 is 15.9 Å². The number of carbonyl (C=O) groups is 3. The highest BCUT2D eigenvalue weighted by atomic mass is 79.9. The zero-order chi connectivity index (χ0) is 14.0. The van der Waals surface area contributed by atoms with Crippen molar-refractivity contribution in [3.63, 3.8) is 0 Å². The number of hydrogen-bond donors (Lipinski definition) is 1. The molecule has 0 aromatic heterocycles. The third kappa shape index (κ3) is 3.01. The number of amides is 2. The number of carbonyl (C=O) groups excluding carboxylic acids is 2. The van der Waals surface area contributed by atoms with E-state index in [-0.39, 0.29) is 19.3 Å². The van der Waals surface area contributed by atoms with Crippen molar-refractivity contribution < 1.29 is 19.5 Å². The second-order valence-corrected chi connectivity index (χ2v) is 5.26. The fourth-order valence-corrected chi connectivity index (χ4v) is 2.34. The van der Waals surface area contributed by atoms with E-state index >= 15 is 0 Å². The predicted octanol–water partition coefficient (Wildman–Crippen LogP) is 1.59. The Morgan fingerprint density at radius 3 is 2.21 bits per heavy atom. The Balaban J connectivity index is 2.21. The molecule has 0 radical (unpaired) electrons. The van der Waals surface area contributed by atoms with Crippen LogP contribution in [0.5, 0.6) is 0 Å². The van der Waals surface area contributed by atoms with Gasteiger partial charge < -0.3 is 5.11 Å². The fourth-order valence-electron chi connectivity index (χ4n) is 2.07. The van der Waals surface area contributed by atoms with E-state index in [9.17, 15) is 19.5 Å². The van der Waals surface area contributed by atoms with Crippen molar-refractivity contribution in [2.75, 3.05) is 0 Å². The van der Waals surface area contributed by atoms with E-state index in [1.54, 1.807) is 24.3 Å². The zero-order valence-corrected chi connectivity index (χ0v) is 11.6. The minimum Gasteiger partial charge on any atom is -0.480 e. The third-order valence-corrected chi connectivity index (χ3v) is 3.56. The molecule has 100 valence electrons. The van der Waals surface area contributed by atoms with Crippen LogP contribution in [0.1, 0.15) is 18.4 Å². The molecule has 1 aliphatic rings. The van der Waals surface area contributed by atoms with Crippen molar-refractivity contribution in [2.24, 2.45) is 0 Å². The van der Waals surface area contributed by atoms with E-state index in [2.05, 4.69) is 15.9 Å². The van der Waals surface area contributed by atoms with Gasteiger partial charge in [0, 0.05) is 23.7 Å². The van der Waals surface area contributed by atoms with Crippen LogP contribution in [-0.4, -0.2) is 33.8 Å². The average molecular weight is 326 g/mol. The first-order chi connectivity index (χ1) is 8.99. The molecular formula is C13H12BrNO4. The quantitative estimate of drug-likeness (QED) is 0.853. The fraction of sp³-hybridized carbons (Fsp3) is 0.308. The van der Waals surface area contributed by atoms with Crippen LogP contribution < -0.4 is 0 Å². The number of hydrogen-bond acceptors (Lipinski definition) is 3. The summed E-state index contributed by atoms with van der Waals surface area (Å²) in [4.78, 5) is 35.4. The maximum absolute atomic E-state index is 11.6. The van der Waals surface area contributed by atoms with Gasteiger partial charge in [-0.25, -0.2) is 4.79 Å². The smallest absolute Gasteiger partial charge is 0.327 e. The Morgan fingerprint density at radius 2 is 1.74 bits per heavy atom. The third-order valence-electron chi connectivity index (χ3n) is 3.03. The lowest BCUT2D eigenvalue weighted by atomic mass is 10.0. The molecular weight excluding hydrogens is 314 g/mol. The van der Waals surface area contributed by atoms with Crippen molar-refractivity contribution in [3.05, 3.63) is 34.3 Å². The Bertz CT molecular complexity index is 510. The molecule has 0 unspecified atom stereocenters. The van der Waals surface area contributed by atoms with E-state index < -0.39 is 23.8 Å². The van der Waals surface area contributed by atoms with E-state index in [4.69, 9.17) is 0 Å². The maximum atomic E-state index is 11.6. The SMILES string of the molecule is O=C(O)[C@H](Cc1ccc(Br)cc1)N1C(=O)CCC1=O. The summed E-state index contributed by atoms with van der Waals surface area (Å²) in [5.74, 6) is -1.98. The molecule has 1 heterocycles. The van der Waals surface area contributed by atoms with Gasteiger partial charge in [-0.05, 0) is 17.7 Å². The van der Waals surface area contributed by atoms with Crippen LogP contribution in [0.4, 0.5) is 0 Å². The van der Waals surface area contributed by atoms with Crippen molar-refractivity contribution in [1.82, 2.24) is 4.90 Å². The number of carboxylic acid groups (broad SMARTS) is 1. The number of imide groups is 1. The summed E-state index contributed by atoms with van der Waals surface area (Å²) in [6.07, 6.45) is 0.325. The summed E-state index contributed by atoms with van der Waals surface area (Å²) in [7, 11) is 0. The number of carboxylic acids is 1. The number of halogens is 1. The molecule has 1 saturated heterocycles. The lowest BCUT2D eigenvalue weighted by Crippen LogP contribution is -2.45. The standard InChI is InChI=1S/C13H12BrNO4/c14-9-3-1-8(2-4-9)7-10(13(18)19)15-11(16)5-6-12(15)17/h1-4,10H,5-7H2,(H,18,19)/t10-/m0/s1. The summed E-state index contributed by atoms with van der Waals surface area (Å²) in [5.41, 5.74) is 0.767. The van der Waals surface area contributed by atoms with Crippen molar-refractivity contribution in [2.45, 2.75) is 25.3 Å². The highest BCUT2D eigenvalue weighted by Crippen LogP contribution is 2.20. The van der Waals surface area contributed by atoms with Gasteiger partial charge in [0.15, 0.2) is 0 Å². The molecule has 0 saturated carbocycles. The van der Waals surface area contributed by atoms with Crippen LogP contribution in [0.15, 0.2) is 28.7 Å². The van der Waals surface area contributed by atoms with Crippen LogP contribution in [0.25, 0.3) is 0 Å². The molecule has 0 bridgehead atoms. The van der Waals surface area contributed by atoms with Gasteiger partial charge in [0.25, 0.3) is 0 Å². The Morgan fingerprint density at radius 1 is 1.21 bits per heavy atom. The maximum Gasteiger partial charge on any atom is 0.327 e. The number of likely N-dealkylation sites (tertiary alicyclic amines) is 1. The lowest BCUT2D eigenvalue weighted by molar-refractivity contribution is -0.154. The highest BCUT2D eigenvalue weighted by Gasteiger charge is 2.38. The number of benzene rings is 1. The largest absolute Gasteiger partial charge is 0.480 e. The molecule has 1 aromatic rings. The van der Waals surface area contributed by atoms with Crippen LogP contribution in [0.2, 0.25) is 0 Å². The molecule has 0 aliphatic carbocycles. The van der Waals surface area contributed by atoms with Gasteiger partial charge in [0.2, 0.25) is 11.8 Å². The summed E-state index contributed by atoms with van der Waals surface area (Å²) in [6, 6.07) is 6.00. The number of nitrogens with zero attached hydrogens (tertiary/aromatic N) is 1. The molecule has 6 heteroatoms. The highest BCUT2D eigenvalue weighted by molar-refractivity contribution is 9.10. The predicted molar refractivity (Wildman–Crippen MR) is 70.4 cm³/mol. The van der Waals surface area contributed by atoms with Gasteiger partial charge in [0.1, 0.15) is 6.04 Å². The number of rotatable bonds is 4. The second kappa shape index (κ2) is 5.52. The molecule has 2 rings (SSSR count). The molecule has 1 aliphatic heterocycles. The summed E-state index contributed by atoms with van der Waals surface area (Å²) in [5, 5.41) is 9.23. The molecule has 19 heavy (non-hydrogen) atoms. The van der Waals surface area contributed by atoms with Gasteiger partial charge in [-0.2, -0.15) is 0 Å². The topological polar surface area (TPSA) is 74.7 Å². The van der Waals surface area contributed by atoms with Crippen molar-refractivity contribution in [1.29, 1.82) is 0 Å². The molecule has 1 atom stereocenters. The Hall–Kier alpha value is -1.69. The summed E-state index contributed by atoms with van der Waals surface area (Å²) >= 11 is 3.29. The molecule has 0 spiro atoms. The zero-order valence-electron chi connectivity index (χ0n) is 10.0. The van der Waals surface area contributed by atoms with Gasteiger partial charge in [0.05, 0.1) is 0 Å². The monoisotopic (exact) mass is 325 g/mol. The Kier molecular flexibility index (Phi) is 3.99. The van der Waals surface area contributed by atoms with E-state index in [0.717, 1.165) is 14.9 Å². The van der Waals surface area contributed by atoms with Crippen LogP contribution in [0.3, 0.4) is 0 Å². The first-order valence-corrected chi connectivity index (χ1v) is 6.60. The van der Waals surface area contributed by atoms with E-state index in [1.165, 1.54) is 0 Å². The van der Waals surface area contributed by atoms with Gasteiger partial charge in [-0.15, -0.1) is 0 Å². The molecule has 1 fully saturated rings. The second-order valence-electron chi connectivity index (χ2n) is 4.34. The Labute approximate surface area is 118 Å². The molecule has 1 aromatic carbocycles. The van der Waals surface area contributed by atoms with Crippen LogP contribution in [0, 0.1) is 0 Å². The average Bonchev–Trinajstić information content (AvgIpc) is 2.68. The molecule has 2 amide bonds. The summed E-state index contributed by atoms with van der Waals surface area (Å²) in [6.45, 7) is 0. The first kappa shape index (κ1) is 13.7. The first-order valence-electron chi connectivity index (χ1n) is 5.81.